The fourth-order valence-electron chi connectivity index (χ4n) is 0.988. The highest BCUT2D eigenvalue weighted by atomic mass is 79.9. The van der Waals surface area contributed by atoms with Gasteiger partial charge in [-0.2, -0.15) is 0 Å². The number of aliphatic hydroxyl groups excluding tert-OH is 1. The summed E-state index contributed by atoms with van der Waals surface area (Å²) in [5, 5.41) is 9.33. The van der Waals surface area contributed by atoms with Gasteiger partial charge in [-0.25, -0.2) is 4.39 Å². The smallest absolute Gasteiger partial charge is 0.129 e. The lowest BCUT2D eigenvalue weighted by Crippen LogP contribution is -2.01. The van der Waals surface area contributed by atoms with Gasteiger partial charge in [-0.05, 0) is 18.2 Å². The third-order valence-electron chi connectivity index (χ3n) is 1.64. The normalized spacial score (nSPS) is 12.5. The van der Waals surface area contributed by atoms with E-state index in [4.69, 9.17) is 0 Å². The van der Waals surface area contributed by atoms with E-state index in [1.54, 1.807) is 0 Å². The lowest BCUT2D eigenvalue weighted by Gasteiger charge is -2.08. The van der Waals surface area contributed by atoms with E-state index in [1.807, 2.05) is 0 Å². The molecule has 0 saturated carbocycles. The zero-order valence-electron chi connectivity index (χ0n) is 6.71. The van der Waals surface area contributed by atoms with Crippen LogP contribution in [0.1, 0.15) is 18.1 Å². The van der Waals surface area contributed by atoms with Crippen molar-refractivity contribution in [2.75, 3.05) is 0 Å². The Morgan fingerprint density at radius 2 is 2.31 bits per heavy atom. The molecule has 0 aliphatic heterocycles. The number of halogens is 2. The number of carbonyl (C=O) groups excluding carboxylic acids is 1. The molecule has 1 rings (SSSR count). The molecule has 13 heavy (non-hydrogen) atoms. The van der Waals surface area contributed by atoms with E-state index >= 15 is 0 Å². The molecule has 1 aromatic carbocycles. The zero-order valence-corrected chi connectivity index (χ0v) is 8.29. The second-order valence-corrected chi connectivity index (χ2v) is 3.50. The van der Waals surface area contributed by atoms with E-state index in [9.17, 15) is 14.3 Å². The molecule has 70 valence electrons. The Morgan fingerprint density at radius 1 is 1.62 bits per heavy atom. The Balaban J connectivity index is 2.97. The number of aliphatic hydroxyl groups is 1. The Hall–Kier alpha value is -0.740. The fourth-order valence-corrected chi connectivity index (χ4v) is 1.37. The SMILES string of the molecule is O=CCC(O)c1cc(Br)ccc1F. The van der Waals surface area contributed by atoms with Gasteiger partial charge < -0.3 is 9.90 Å². The molecule has 1 unspecified atom stereocenters. The van der Waals surface area contributed by atoms with Crippen LogP contribution in [0.25, 0.3) is 0 Å². The minimum Gasteiger partial charge on any atom is -0.388 e. The van der Waals surface area contributed by atoms with E-state index in [1.165, 1.54) is 18.2 Å². The van der Waals surface area contributed by atoms with Crippen LogP contribution in [-0.2, 0) is 4.79 Å². The van der Waals surface area contributed by atoms with Crippen molar-refractivity contribution in [3.05, 3.63) is 34.1 Å². The molecule has 1 N–H and O–H groups in total. The highest BCUT2D eigenvalue weighted by molar-refractivity contribution is 9.10. The van der Waals surface area contributed by atoms with E-state index in [0.717, 1.165) is 0 Å². The Labute approximate surface area is 83.5 Å². The molecule has 0 spiro atoms. The van der Waals surface area contributed by atoms with Crippen LogP contribution in [-0.4, -0.2) is 11.4 Å². The molecule has 0 saturated heterocycles. The predicted molar refractivity (Wildman–Crippen MR) is 49.7 cm³/mol. The first-order valence-corrected chi connectivity index (χ1v) is 4.51. The molecule has 0 aliphatic carbocycles. The molecule has 0 fully saturated rings. The summed E-state index contributed by atoms with van der Waals surface area (Å²) in [6.07, 6.45) is -0.590. The van der Waals surface area contributed by atoms with Crippen LogP contribution in [0.15, 0.2) is 22.7 Å². The fraction of sp³-hybridized carbons (Fsp3) is 0.222. The van der Waals surface area contributed by atoms with E-state index in [2.05, 4.69) is 15.9 Å². The van der Waals surface area contributed by atoms with Gasteiger partial charge in [0.1, 0.15) is 12.1 Å². The van der Waals surface area contributed by atoms with Gasteiger partial charge in [0.05, 0.1) is 6.10 Å². The van der Waals surface area contributed by atoms with Crippen molar-refractivity contribution < 1.29 is 14.3 Å². The van der Waals surface area contributed by atoms with Crippen molar-refractivity contribution in [3.63, 3.8) is 0 Å². The van der Waals surface area contributed by atoms with Gasteiger partial charge >= 0.3 is 0 Å². The number of hydrogen-bond acceptors (Lipinski definition) is 2. The summed E-state index contributed by atoms with van der Waals surface area (Å²) < 4.78 is 13.7. The lowest BCUT2D eigenvalue weighted by molar-refractivity contribution is -0.109. The minimum atomic E-state index is -1.06. The van der Waals surface area contributed by atoms with Crippen molar-refractivity contribution in [2.45, 2.75) is 12.5 Å². The van der Waals surface area contributed by atoms with Gasteiger partial charge in [0, 0.05) is 16.5 Å². The van der Waals surface area contributed by atoms with Crippen LogP contribution in [0.2, 0.25) is 0 Å². The molecule has 2 nitrogen and oxygen atoms in total. The van der Waals surface area contributed by atoms with Crippen molar-refractivity contribution in [2.24, 2.45) is 0 Å². The lowest BCUT2D eigenvalue weighted by atomic mass is 10.1. The van der Waals surface area contributed by atoms with E-state index in [0.29, 0.717) is 10.8 Å². The van der Waals surface area contributed by atoms with E-state index < -0.39 is 11.9 Å². The third-order valence-corrected chi connectivity index (χ3v) is 2.13. The second kappa shape index (κ2) is 4.48. The summed E-state index contributed by atoms with van der Waals surface area (Å²) in [6, 6.07) is 4.24. The third kappa shape index (κ3) is 2.60. The van der Waals surface area contributed by atoms with Crippen molar-refractivity contribution in [3.8, 4) is 0 Å². The molecule has 0 aromatic heterocycles. The standard InChI is InChI=1S/C9H8BrFO2/c10-6-1-2-8(11)7(5-6)9(13)3-4-12/h1-2,4-5,9,13H,3H2. The molecule has 0 radical (unpaired) electrons. The molecule has 4 heteroatoms. The average Bonchev–Trinajstić information content (AvgIpc) is 2.09. The molecule has 0 heterocycles. The molecule has 1 atom stereocenters. The van der Waals surface area contributed by atoms with Gasteiger partial charge in [0.25, 0.3) is 0 Å². The van der Waals surface area contributed by atoms with Crippen LogP contribution in [0.5, 0.6) is 0 Å². The quantitative estimate of drug-likeness (QED) is 0.831. The second-order valence-electron chi connectivity index (χ2n) is 2.58. The molecular weight excluding hydrogens is 239 g/mol. The monoisotopic (exact) mass is 246 g/mol. The first kappa shape index (κ1) is 10.3. The molecular formula is C9H8BrFO2. The molecule has 0 bridgehead atoms. The number of benzene rings is 1. The first-order chi connectivity index (χ1) is 6.15. The predicted octanol–water partition coefficient (Wildman–Crippen LogP) is 2.21. The summed E-state index contributed by atoms with van der Waals surface area (Å²) >= 11 is 3.15. The maximum absolute atomic E-state index is 13.0. The Kier molecular flexibility index (Phi) is 3.57. The van der Waals surface area contributed by atoms with Gasteiger partial charge in [-0.1, -0.05) is 15.9 Å². The molecule has 0 aliphatic rings. The van der Waals surface area contributed by atoms with Crippen LogP contribution in [0.3, 0.4) is 0 Å². The zero-order chi connectivity index (χ0) is 9.84. The number of rotatable bonds is 3. The van der Waals surface area contributed by atoms with Crippen LogP contribution in [0.4, 0.5) is 4.39 Å². The Morgan fingerprint density at radius 3 is 2.92 bits per heavy atom. The largest absolute Gasteiger partial charge is 0.388 e. The van der Waals surface area contributed by atoms with E-state index in [-0.39, 0.29) is 12.0 Å². The summed E-state index contributed by atoms with van der Waals surface area (Å²) in [5.41, 5.74) is 0.140. The minimum absolute atomic E-state index is 0.0899. The topological polar surface area (TPSA) is 37.3 Å². The first-order valence-electron chi connectivity index (χ1n) is 3.72. The molecule has 1 aromatic rings. The maximum Gasteiger partial charge on any atom is 0.129 e. The number of hydrogen-bond donors (Lipinski definition) is 1. The number of aldehydes is 1. The highest BCUT2D eigenvalue weighted by Gasteiger charge is 2.12. The number of carbonyl (C=O) groups is 1. The van der Waals surface area contributed by atoms with Gasteiger partial charge in [0.2, 0.25) is 0 Å². The van der Waals surface area contributed by atoms with Crippen molar-refractivity contribution in [1.29, 1.82) is 0 Å². The van der Waals surface area contributed by atoms with Crippen molar-refractivity contribution >= 4 is 22.2 Å². The average molecular weight is 247 g/mol. The van der Waals surface area contributed by atoms with Crippen molar-refractivity contribution in [1.82, 2.24) is 0 Å². The summed E-state index contributed by atoms with van der Waals surface area (Å²) in [6.45, 7) is 0. The Bertz CT molecular complexity index is 314. The van der Waals surface area contributed by atoms with Crippen LogP contribution < -0.4 is 0 Å². The van der Waals surface area contributed by atoms with Gasteiger partial charge in [-0.15, -0.1) is 0 Å². The van der Waals surface area contributed by atoms with Crippen LogP contribution in [0, 0.1) is 5.82 Å². The van der Waals surface area contributed by atoms with Gasteiger partial charge in [0.15, 0.2) is 0 Å². The molecule has 0 amide bonds. The summed E-state index contributed by atoms with van der Waals surface area (Å²) in [5.74, 6) is -0.502. The summed E-state index contributed by atoms with van der Waals surface area (Å²) in [4.78, 5) is 10.1. The van der Waals surface area contributed by atoms with Gasteiger partial charge in [-0.3, -0.25) is 0 Å². The maximum atomic E-state index is 13.0. The summed E-state index contributed by atoms with van der Waals surface area (Å²) in [7, 11) is 0. The van der Waals surface area contributed by atoms with Crippen LogP contribution >= 0.6 is 15.9 Å². The highest BCUT2D eigenvalue weighted by Crippen LogP contribution is 2.22.